The lowest BCUT2D eigenvalue weighted by atomic mass is 10.0. The molecular weight excluding hydrogens is 228 g/mol. The highest BCUT2D eigenvalue weighted by molar-refractivity contribution is 5.90. The summed E-state index contributed by atoms with van der Waals surface area (Å²) >= 11 is 0. The molecule has 0 amide bonds. The Morgan fingerprint density at radius 1 is 1.50 bits per heavy atom. The van der Waals surface area contributed by atoms with E-state index in [-0.39, 0.29) is 5.56 Å². The molecule has 0 aromatic heterocycles. The summed E-state index contributed by atoms with van der Waals surface area (Å²) in [5.74, 6) is -0.360. The van der Waals surface area contributed by atoms with Crippen LogP contribution < -0.4 is 10.6 Å². The van der Waals surface area contributed by atoms with Gasteiger partial charge < -0.3 is 15.7 Å². The second-order valence-corrected chi connectivity index (χ2v) is 5.23. The number of nitrogens with zero attached hydrogens (tertiary/aromatic N) is 1. The Morgan fingerprint density at radius 3 is 2.78 bits per heavy atom. The molecule has 1 atom stereocenters. The fourth-order valence-electron chi connectivity index (χ4n) is 2.73. The van der Waals surface area contributed by atoms with Gasteiger partial charge in [-0.1, -0.05) is 13.8 Å². The molecule has 1 unspecified atom stereocenters. The Morgan fingerprint density at radius 2 is 2.22 bits per heavy atom. The number of benzene rings is 1. The molecule has 1 aliphatic rings. The molecule has 3 N–H and O–H groups in total. The predicted octanol–water partition coefficient (Wildman–Crippen LogP) is 2.59. The second kappa shape index (κ2) is 4.88. The summed E-state index contributed by atoms with van der Waals surface area (Å²) < 4.78 is 0. The van der Waals surface area contributed by atoms with Gasteiger partial charge >= 0.3 is 5.97 Å². The van der Waals surface area contributed by atoms with Gasteiger partial charge in [-0.15, -0.1) is 0 Å². The van der Waals surface area contributed by atoms with Gasteiger partial charge in [0.25, 0.3) is 0 Å². The lowest BCUT2D eigenvalue weighted by molar-refractivity contribution is 0.0697. The van der Waals surface area contributed by atoms with Crippen molar-refractivity contribution in [2.45, 2.75) is 32.7 Å². The SMILES string of the molecule is CC(C)C1CCCN1c1ccc(C(=O)O)cc1N. The number of hydrogen-bond acceptors (Lipinski definition) is 3. The van der Waals surface area contributed by atoms with Crippen molar-refractivity contribution in [1.29, 1.82) is 0 Å². The zero-order valence-electron chi connectivity index (χ0n) is 10.9. The first-order valence-corrected chi connectivity index (χ1v) is 6.40. The van der Waals surface area contributed by atoms with E-state index in [1.165, 1.54) is 12.8 Å². The van der Waals surface area contributed by atoms with E-state index >= 15 is 0 Å². The summed E-state index contributed by atoms with van der Waals surface area (Å²) in [5.41, 5.74) is 7.77. The molecule has 0 bridgehead atoms. The highest BCUT2D eigenvalue weighted by Crippen LogP contribution is 2.33. The van der Waals surface area contributed by atoms with Crippen LogP contribution in [0.2, 0.25) is 0 Å². The van der Waals surface area contributed by atoms with Gasteiger partial charge in [0.15, 0.2) is 0 Å². The first kappa shape index (κ1) is 12.7. The van der Waals surface area contributed by atoms with Crippen molar-refractivity contribution in [3.63, 3.8) is 0 Å². The average molecular weight is 248 g/mol. The maximum atomic E-state index is 10.9. The smallest absolute Gasteiger partial charge is 0.335 e. The van der Waals surface area contributed by atoms with Crippen LogP contribution in [-0.4, -0.2) is 23.7 Å². The van der Waals surface area contributed by atoms with E-state index in [4.69, 9.17) is 10.8 Å². The van der Waals surface area contributed by atoms with Crippen molar-refractivity contribution in [2.24, 2.45) is 5.92 Å². The molecule has 1 saturated heterocycles. The number of rotatable bonds is 3. The lowest BCUT2D eigenvalue weighted by Gasteiger charge is -2.30. The minimum Gasteiger partial charge on any atom is -0.478 e. The first-order chi connectivity index (χ1) is 8.50. The largest absolute Gasteiger partial charge is 0.478 e. The Labute approximate surface area is 107 Å². The van der Waals surface area contributed by atoms with Crippen molar-refractivity contribution < 1.29 is 9.90 Å². The Balaban J connectivity index is 2.31. The Hall–Kier alpha value is -1.71. The lowest BCUT2D eigenvalue weighted by Crippen LogP contribution is -2.33. The molecular formula is C14H20N2O2. The van der Waals surface area contributed by atoms with Crippen LogP contribution in [0, 0.1) is 5.92 Å². The molecule has 18 heavy (non-hydrogen) atoms. The highest BCUT2D eigenvalue weighted by Gasteiger charge is 2.28. The quantitative estimate of drug-likeness (QED) is 0.807. The number of nitrogens with two attached hydrogens (primary N) is 1. The third kappa shape index (κ3) is 2.28. The highest BCUT2D eigenvalue weighted by atomic mass is 16.4. The summed E-state index contributed by atoms with van der Waals surface area (Å²) in [6, 6.07) is 5.51. The molecule has 1 aromatic rings. The van der Waals surface area contributed by atoms with Gasteiger partial charge in [0.05, 0.1) is 16.9 Å². The number of hydrogen-bond donors (Lipinski definition) is 2. The van der Waals surface area contributed by atoms with Crippen molar-refractivity contribution >= 4 is 17.3 Å². The van der Waals surface area contributed by atoms with E-state index in [1.54, 1.807) is 12.1 Å². The van der Waals surface area contributed by atoms with Crippen LogP contribution in [0.15, 0.2) is 18.2 Å². The molecule has 1 heterocycles. The maximum Gasteiger partial charge on any atom is 0.335 e. The van der Waals surface area contributed by atoms with E-state index in [0.29, 0.717) is 17.6 Å². The van der Waals surface area contributed by atoms with Crippen LogP contribution in [0.25, 0.3) is 0 Å². The summed E-state index contributed by atoms with van der Waals surface area (Å²) in [6.07, 6.45) is 2.35. The van der Waals surface area contributed by atoms with Crippen molar-refractivity contribution in [2.75, 3.05) is 17.2 Å². The second-order valence-electron chi connectivity index (χ2n) is 5.23. The first-order valence-electron chi connectivity index (χ1n) is 6.40. The number of carboxylic acids is 1. The van der Waals surface area contributed by atoms with E-state index in [2.05, 4.69) is 18.7 Å². The van der Waals surface area contributed by atoms with E-state index in [1.807, 2.05) is 6.07 Å². The molecule has 98 valence electrons. The van der Waals surface area contributed by atoms with Crippen LogP contribution in [0.1, 0.15) is 37.0 Å². The minimum absolute atomic E-state index is 0.247. The molecule has 1 aliphatic heterocycles. The number of nitrogen functional groups attached to an aromatic ring is 1. The van der Waals surface area contributed by atoms with Gasteiger partial charge in [-0.3, -0.25) is 0 Å². The fraction of sp³-hybridized carbons (Fsp3) is 0.500. The number of anilines is 2. The van der Waals surface area contributed by atoms with Crippen LogP contribution in [0.4, 0.5) is 11.4 Å². The molecule has 4 nitrogen and oxygen atoms in total. The van der Waals surface area contributed by atoms with Gasteiger partial charge in [-0.05, 0) is 37.0 Å². The van der Waals surface area contributed by atoms with Crippen molar-refractivity contribution in [3.05, 3.63) is 23.8 Å². The Bertz CT molecular complexity index is 457. The Kier molecular flexibility index (Phi) is 3.45. The third-order valence-electron chi connectivity index (χ3n) is 3.65. The average Bonchev–Trinajstić information content (AvgIpc) is 2.77. The molecule has 4 heteroatoms. The molecule has 1 fully saturated rings. The third-order valence-corrected chi connectivity index (χ3v) is 3.65. The monoisotopic (exact) mass is 248 g/mol. The fourth-order valence-corrected chi connectivity index (χ4v) is 2.73. The zero-order chi connectivity index (χ0) is 13.3. The normalized spacial score (nSPS) is 19.5. The molecule has 1 aromatic carbocycles. The summed E-state index contributed by atoms with van der Waals surface area (Å²) in [6.45, 7) is 5.43. The van der Waals surface area contributed by atoms with Crippen LogP contribution in [-0.2, 0) is 0 Å². The van der Waals surface area contributed by atoms with E-state index in [9.17, 15) is 4.79 Å². The minimum atomic E-state index is -0.935. The summed E-state index contributed by atoms with van der Waals surface area (Å²) in [7, 11) is 0. The maximum absolute atomic E-state index is 10.9. The van der Waals surface area contributed by atoms with Crippen molar-refractivity contribution in [1.82, 2.24) is 0 Å². The van der Waals surface area contributed by atoms with Crippen LogP contribution in [0.5, 0.6) is 0 Å². The van der Waals surface area contributed by atoms with Gasteiger partial charge in [0.2, 0.25) is 0 Å². The topological polar surface area (TPSA) is 66.6 Å². The molecule has 0 aliphatic carbocycles. The summed E-state index contributed by atoms with van der Waals surface area (Å²) in [5, 5.41) is 8.94. The molecule has 2 rings (SSSR count). The zero-order valence-corrected chi connectivity index (χ0v) is 10.9. The summed E-state index contributed by atoms with van der Waals surface area (Å²) in [4.78, 5) is 13.2. The van der Waals surface area contributed by atoms with E-state index in [0.717, 1.165) is 12.2 Å². The number of aromatic carboxylic acids is 1. The molecule has 0 saturated carbocycles. The van der Waals surface area contributed by atoms with Gasteiger partial charge in [-0.25, -0.2) is 4.79 Å². The molecule has 0 spiro atoms. The van der Waals surface area contributed by atoms with Gasteiger partial charge in [-0.2, -0.15) is 0 Å². The van der Waals surface area contributed by atoms with Crippen LogP contribution in [0.3, 0.4) is 0 Å². The molecule has 0 radical (unpaired) electrons. The standard InChI is InChI=1S/C14H20N2O2/c1-9(2)12-4-3-7-16(12)13-6-5-10(14(17)18)8-11(13)15/h5-6,8-9,12H,3-4,7,15H2,1-2H3,(H,17,18). The van der Waals surface area contributed by atoms with Gasteiger partial charge in [0, 0.05) is 12.6 Å². The van der Waals surface area contributed by atoms with Crippen LogP contribution >= 0.6 is 0 Å². The van der Waals surface area contributed by atoms with Crippen molar-refractivity contribution in [3.8, 4) is 0 Å². The number of carbonyl (C=O) groups is 1. The van der Waals surface area contributed by atoms with E-state index < -0.39 is 5.97 Å². The number of carboxylic acid groups (broad SMARTS) is 1. The predicted molar refractivity (Wildman–Crippen MR) is 73.0 cm³/mol. The van der Waals surface area contributed by atoms with Gasteiger partial charge in [0.1, 0.15) is 0 Å².